The van der Waals surface area contributed by atoms with Gasteiger partial charge in [0.25, 0.3) is 0 Å². The molecule has 0 aromatic carbocycles. The molecule has 0 aromatic rings. The molecule has 68 valence electrons. The van der Waals surface area contributed by atoms with Gasteiger partial charge in [-0.1, -0.05) is 6.08 Å². The Morgan fingerprint density at radius 1 is 1.77 bits per heavy atom. The number of amidine groups is 1. The fourth-order valence-electron chi connectivity index (χ4n) is 1.50. The first-order valence-corrected chi connectivity index (χ1v) is 4.06. The summed E-state index contributed by atoms with van der Waals surface area (Å²) >= 11 is 0. The number of carbonyl (C=O) groups is 1. The van der Waals surface area contributed by atoms with Crippen molar-refractivity contribution in [3.05, 3.63) is 11.8 Å². The van der Waals surface area contributed by atoms with Crippen molar-refractivity contribution in [3.63, 3.8) is 0 Å². The molecule has 0 fully saturated rings. The van der Waals surface area contributed by atoms with Crippen molar-refractivity contribution < 1.29 is 4.79 Å². The number of hydrogen-bond acceptors (Lipinski definition) is 5. The molecular weight excluding hydrogens is 168 g/mol. The van der Waals surface area contributed by atoms with Gasteiger partial charge in [0, 0.05) is 0 Å². The number of Topliss-reactive ketones (excluding diaryl/α,β-unsaturated/α-hetero) is 1. The molecule has 5 nitrogen and oxygen atoms in total. The van der Waals surface area contributed by atoms with Crippen molar-refractivity contribution in [2.24, 2.45) is 15.8 Å². The van der Waals surface area contributed by atoms with E-state index in [0.29, 0.717) is 12.3 Å². The Morgan fingerprint density at radius 3 is 3.23 bits per heavy atom. The van der Waals surface area contributed by atoms with E-state index in [1.54, 1.807) is 11.9 Å². The zero-order valence-electron chi connectivity index (χ0n) is 7.27. The van der Waals surface area contributed by atoms with Crippen LogP contribution in [-0.2, 0) is 4.79 Å². The van der Waals surface area contributed by atoms with Gasteiger partial charge in [-0.15, -0.1) is 0 Å². The normalized spacial score (nSPS) is 25.3. The third-order valence-electron chi connectivity index (χ3n) is 2.18. The summed E-state index contributed by atoms with van der Waals surface area (Å²) in [5.41, 5.74) is 6.37. The van der Waals surface area contributed by atoms with Gasteiger partial charge in [-0.3, -0.25) is 4.79 Å². The Morgan fingerprint density at radius 2 is 2.54 bits per heavy atom. The molecule has 0 saturated heterocycles. The maximum absolute atomic E-state index is 11.2. The third-order valence-corrected chi connectivity index (χ3v) is 2.18. The van der Waals surface area contributed by atoms with E-state index < -0.39 is 0 Å². The molecule has 1 unspecified atom stereocenters. The van der Waals surface area contributed by atoms with E-state index in [1.165, 1.54) is 6.34 Å². The highest BCUT2D eigenvalue weighted by molar-refractivity contribution is 6.03. The van der Waals surface area contributed by atoms with Crippen LogP contribution in [0.4, 0.5) is 0 Å². The number of ketones is 1. The topological polar surface area (TPSA) is 71.0 Å². The summed E-state index contributed by atoms with van der Waals surface area (Å²) in [6.45, 7) is 1.55. The largest absolute Gasteiger partial charge is 0.382 e. The number of aliphatic imine (C=N–C) groups is 1. The number of rotatable bonds is 1. The fourth-order valence-corrected chi connectivity index (χ4v) is 1.50. The lowest BCUT2D eigenvalue weighted by Gasteiger charge is -2.23. The molecule has 0 aliphatic carbocycles. The van der Waals surface area contributed by atoms with Gasteiger partial charge in [0.05, 0.1) is 5.70 Å². The van der Waals surface area contributed by atoms with Crippen molar-refractivity contribution in [3.8, 4) is 0 Å². The Hall–Kier alpha value is -1.65. The Kier molecular flexibility index (Phi) is 1.65. The van der Waals surface area contributed by atoms with Crippen molar-refractivity contribution >= 4 is 18.0 Å². The van der Waals surface area contributed by atoms with Crippen molar-refractivity contribution in [2.45, 2.75) is 19.4 Å². The predicted octanol–water partition coefficient (Wildman–Crippen LogP) is -0.152. The van der Waals surface area contributed by atoms with Gasteiger partial charge in [-0.05, 0) is 13.3 Å². The van der Waals surface area contributed by atoms with Crippen LogP contribution in [0, 0.1) is 0 Å². The minimum Gasteiger partial charge on any atom is -0.382 e. The van der Waals surface area contributed by atoms with E-state index in [-0.39, 0.29) is 11.8 Å². The summed E-state index contributed by atoms with van der Waals surface area (Å²) in [5.74, 6) is 0.525. The summed E-state index contributed by atoms with van der Waals surface area (Å²) in [7, 11) is 0. The number of carbonyl (C=O) groups excluding carboxylic acids is 1. The van der Waals surface area contributed by atoms with Crippen LogP contribution in [0.25, 0.3) is 0 Å². The second kappa shape index (κ2) is 2.69. The van der Waals surface area contributed by atoms with Gasteiger partial charge < -0.3 is 5.73 Å². The van der Waals surface area contributed by atoms with Crippen LogP contribution < -0.4 is 5.73 Å². The molecule has 2 rings (SSSR count). The van der Waals surface area contributed by atoms with Gasteiger partial charge in [0.2, 0.25) is 0 Å². The molecule has 2 aliphatic rings. The zero-order valence-corrected chi connectivity index (χ0v) is 7.27. The van der Waals surface area contributed by atoms with E-state index in [2.05, 4.69) is 10.1 Å². The summed E-state index contributed by atoms with van der Waals surface area (Å²) in [6, 6.07) is -0.194. The number of hydrogen-bond donors (Lipinski definition) is 1. The van der Waals surface area contributed by atoms with Crippen molar-refractivity contribution in [1.29, 1.82) is 0 Å². The van der Waals surface area contributed by atoms with Gasteiger partial charge >= 0.3 is 0 Å². The first kappa shape index (κ1) is 7.97. The summed E-state index contributed by atoms with van der Waals surface area (Å²) in [6.07, 6.45) is 3.92. The van der Waals surface area contributed by atoms with Crippen molar-refractivity contribution in [2.75, 3.05) is 0 Å². The second-order valence-corrected chi connectivity index (χ2v) is 3.04. The molecule has 0 bridgehead atoms. The van der Waals surface area contributed by atoms with Crippen LogP contribution in [0.2, 0.25) is 0 Å². The number of fused-ring (bicyclic) bond motifs is 1. The SMILES string of the molecule is CC(=O)C1CC=C2C(N)=NC=NN21. The Labute approximate surface area is 75.6 Å². The standard InChI is InChI=1S/C8H10N4O/c1-5(13)6-2-3-7-8(9)10-4-11-12(6)7/h3-4,6H,2H2,1H3,(H2,9,10,11). The van der Waals surface area contributed by atoms with Gasteiger partial charge in [-0.2, -0.15) is 5.10 Å². The molecule has 2 aliphatic heterocycles. The number of nitrogens with two attached hydrogens (primary N) is 1. The summed E-state index contributed by atoms with van der Waals surface area (Å²) < 4.78 is 0. The molecule has 2 heterocycles. The van der Waals surface area contributed by atoms with Crippen LogP contribution in [0.1, 0.15) is 13.3 Å². The molecule has 5 heteroatoms. The minimum atomic E-state index is -0.194. The van der Waals surface area contributed by atoms with Crippen LogP contribution in [0.3, 0.4) is 0 Å². The Bertz CT molecular complexity index is 342. The lowest BCUT2D eigenvalue weighted by molar-refractivity contribution is -0.120. The molecule has 0 amide bonds. The maximum Gasteiger partial charge on any atom is 0.154 e. The average molecular weight is 178 g/mol. The molecule has 2 N–H and O–H groups in total. The Balaban J connectivity index is 2.29. The molecule has 0 aromatic heterocycles. The third kappa shape index (κ3) is 1.12. The van der Waals surface area contributed by atoms with Crippen LogP contribution >= 0.6 is 0 Å². The average Bonchev–Trinajstić information content (AvgIpc) is 2.48. The lowest BCUT2D eigenvalue weighted by atomic mass is 10.2. The number of nitrogens with zero attached hydrogens (tertiary/aromatic N) is 3. The van der Waals surface area contributed by atoms with E-state index in [1.807, 2.05) is 6.08 Å². The van der Waals surface area contributed by atoms with E-state index in [9.17, 15) is 4.79 Å². The van der Waals surface area contributed by atoms with Gasteiger partial charge in [-0.25, -0.2) is 10.0 Å². The quantitative estimate of drug-likeness (QED) is 0.606. The summed E-state index contributed by atoms with van der Waals surface area (Å²) in [5, 5.41) is 5.63. The monoisotopic (exact) mass is 178 g/mol. The lowest BCUT2D eigenvalue weighted by Crippen LogP contribution is -2.37. The first-order valence-electron chi connectivity index (χ1n) is 4.06. The predicted molar refractivity (Wildman–Crippen MR) is 49.1 cm³/mol. The highest BCUT2D eigenvalue weighted by atomic mass is 16.1. The first-order chi connectivity index (χ1) is 6.20. The molecule has 0 saturated carbocycles. The van der Waals surface area contributed by atoms with Gasteiger partial charge in [0.15, 0.2) is 11.6 Å². The van der Waals surface area contributed by atoms with Crippen molar-refractivity contribution in [1.82, 2.24) is 5.01 Å². The molecule has 1 atom stereocenters. The maximum atomic E-state index is 11.2. The van der Waals surface area contributed by atoms with Crippen LogP contribution in [0.5, 0.6) is 0 Å². The molecule has 13 heavy (non-hydrogen) atoms. The second-order valence-electron chi connectivity index (χ2n) is 3.04. The van der Waals surface area contributed by atoms with Gasteiger partial charge in [0.1, 0.15) is 12.4 Å². The van der Waals surface area contributed by atoms with E-state index in [4.69, 9.17) is 5.73 Å². The van der Waals surface area contributed by atoms with E-state index >= 15 is 0 Å². The smallest absolute Gasteiger partial charge is 0.154 e. The fraction of sp³-hybridized carbons (Fsp3) is 0.375. The molecule has 0 spiro atoms. The van der Waals surface area contributed by atoms with Crippen LogP contribution in [0.15, 0.2) is 21.9 Å². The summed E-state index contributed by atoms with van der Waals surface area (Å²) in [4.78, 5) is 15.0. The zero-order chi connectivity index (χ0) is 9.42. The molecular formula is C8H10N4O. The van der Waals surface area contributed by atoms with Crippen LogP contribution in [-0.4, -0.2) is 29.0 Å². The highest BCUT2D eigenvalue weighted by Crippen LogP contribution is 2.24. The molecule has 0 radical (unpaired) electrons. The number of hydrazone groups is 1. The van der Waals surface area contributed by atoms with E-state index in [0.717, 1.165) is 5.70 Å². The minimum absolute atomic E-state index is 0.0955. The highest BCUT2D eigenvalue weighted by Gasteiger charge is 2.32.